The highest BCUT2D eigenvalue weighted by molar-refractivity contribution is 6.20. The van der Waals surface area contributed by atoms with Crippen LogP contribution in [0.2, 0.25) is 0 Å². The van der Waals surface area contributed by atoms with Gasteiger partial charge < -0.3 is 9.47 Å². The average Bonchev–Trinajstić information content (AvgIpc) is 2.73. The predicted octanol–water partition coefficient (Wildman–Crippen LogP) is 4.13. The van der Waals surface area contributed by atoms with Crippen LogP contribution in [-0.4, -0.2) is 34.1 Å². The van der Waals surface area contributed by atoms with Crippen LogP contribution in [0.25, 0.3) is 11.0 Å². The van der Waals surface area contributed by atoms with E-state index in [-0.39, 0.29) is 10.9 Å². The van der Waals surface area contributed by atoms with Crippen LogP contribution in [0.3, 0.4) is 0 Å². The van der Waals surface area contributed by atoms with Crippen LogP contribution in [-0.2, 0) is 6.54 Å². The largest absolute Gasteiger partial charge is 0.325 e. The van der Waals surface area contributed by atoms with E-state index in [9.17, 15) is 0 Å². The van der Waals surface area contributed by atoms with Crippen molar-refractivity contribution >= 4 is 22.6 Å². The summed E-state index contributed by atoms with van der Waals surface area (Å²) in [4.78, 5) is 7.20. The van der Waals surface area contributed by atoms with Gasteiger partial charge >= 0.3 is 0 Å². The molecule has 1 heterocycles. The third-order valence-corrected chi connectivity index (χ3v) is 5.25. The molecule has 1 aliphatic rings. The quantitative estimate of drug-likeness (QED) is 0.792. The van der Waals surface area contributed by atoms with E-state index in [0.717, 1.165) is 17.9 Å². The van der Waals surface area contributed by atoms with Crippen molar-refractivity contribution in [1.82, 2.24) is 14.5 Å². The first-order valence-electron chi connectivity index (χ1n) is 7.72. The van der Waals surface area contributed by atoms with E-state index in [2.05, 4.69) is 48.7 Å². The Kier molecular flexibility index (Phi) is 3.74. The topological polar surface area (TPSA) is 21.1 Å². The Morgan fingerprint density at radius 2 is 2.10 bits per heavy atom. The molecule has 0 radical (unpaired) electrons. The summed E-state index contributed by atoms with van der Waals surface area (Å²) >= 11 is 6.40. The highest BCUT2D eigenvalue weighted by Crippen LogP contribution is 2.39. The molecule has 0 spiro atoms. The van der Waals surface area contributed by atoms with Crippen molar-refractivity contribution in [1.29, 1.82) is 0 Å². The van der Waals surface area contributed by atoms with Gasteiger partial charge in [-0.3, -0.25) is 0 Å². The molecule has 2 aromatic rings. The summed E-state index contributed by atoms with van der Waals surface area (Å²) in [6.45, 7) is 5.11. The molecule has 1 atom stereocenters. The molecule has 1 aromatic carbocycles. The van der Waals surface area contributed by atoms with E-state index in [1.807, 2.05) is 6.92 Å². The van der Waals surface area contributed by atoms with Crippen LogP contribution < -0.4 is 0 Å². The number of aromatic nitrogens is 2. The van der Waals surface area contributed by atoms with Crippen molar-refractivity contribution in [3.05, 3.63) is 29.6 Å². The lowest BCUT2D eigenvalue weighted by molar-refractivity contribution is 0.0427. The lowest BCUT2D eigenvalue weighted by Gasteiger charge is -2.48. The summed E-state index contributed by atoms with van der Waals surface area (Å²) in [7, 11) is 4.38. The number of likely N-dealkylation sites (N-methyl/N-ethyl adjacent to an activating group) is 1. The molecule has 0 amide bonds. The molecule has 114 valence electrons. The number of benzene rings is 1. The van der Waals surface area contributed by atoms with Crippen LogP contribution in [0, 0.1) is 6.92 Å². The molecule has 1 unspecified atom stereocenters. The van der Waals surface area contributed by atoms with E-state index in [0.29, 0.717) is 0 Å². The number of imidazole rings is 1. The number of nitrogens with zero attached hydrogens (tertiary/aromatic N) is 3. The van der Waals surface area contributed by atoms with Gasteiger partial charge in [0.1, 0.15) is 5.82 Å². The molecule has 3 rings (SSSR count). The van der Waals surface area contributed by atoms with Crippen molar-refractivity contribution in [2.24, 2.45) is 0 Å². The molecule has 0 bridgehead atoms. The molecule has 1 fully saturated rings. The standard InChI is InChI=1S/C17H24ClN3/c1-12-7-5-8-14-15(12)19-16(13(2)18)21(14)11-17(20(3)4)9-6-10-17/h5,7-8,13H,6,9-11H2,1-4H3. The van der Waals surface area contributed by atoms with Crippen molar-refractivity contribution in [3.63, 3.8) is 0 Å². The molecule has 0 aliphatic heterocycles. The van der Waals surface area contributed by atoms with Gasteiger partial charge in [0.25, 0.3) is 0 Å². The average molecular weight is 306 g/mol. The van der Waals surface area contributed by atoms with E-state index in [1.54, 1.807) is 0 Å². The van der Waals surface area contributed by atoms with Gasteiger partial charge in [0.05, 0.1) is 16.4 Å². The predicted molar refractivity (Wildman–Crippen MR) is 89.0 cm³/mol. The van der Waals surface area contributed by atoms with Gasteiger partial charge in [-0.25, -0.2) is 4.98 Å². The fraction of sp³-hybridized carbons (Fsp3) is 0.588. The first-order valence-corrected chi connectivity index (χ1v) is 8.15. The Bertz CT molecular complexity index is 653. The van der Waals surface area contributed by atoms with Crippen molar-refractivity contribution in [3.8, 4) is 0 Å². The minimum Gasteiger partial charge on any atom is -0.325 e. The zero-order chi connectivity index (χ0) is 15.2. The van der Waals surface area contributed by atoms with Crippen LogP contribution in [0.4, 0.5) is 0 Å². The van der Waals surface area contributed by atoms with Crippen molar-refractivity contribution in [2.75, 3.05) is 14.1 Å². The van der Waals surface area contributed by atoms with Gasteiger partial charge in [0.15, 0.2) is 0 Å². The molecule has 0 saturated heterocycles. The van der Waals surface area contributed by atoms with Crippen molar-refractivity contribution < 1.29 is 0 Å². The second kappa shape index (κ2) is 5.29. The van der Waals surface area contributed by atoms with E-state index in [1.165, 1.54) is 30.3 Å². The van der Waals surface area contributed by atoms with Gasteiger partial charge in [-0.05, 0) is 58.8 Å². The van der Waals surface area contributed by atoms with E-state index >= 15 is 0 Å². The maximum atomic E-state index is 6.40. The molecule has 21 heavy (non-hydrogen) atoms. The zero-order valence-corrected chi connectivity index (χ0v) is 14.1. The van der Waals surface area contributed by atoms with Crippen LogP contribution in [0.1, 0.15) is 43.0 Å². The molecule has 1 saturated carbocycles. The zero-order valence-electron chi connectivity index (χ0n) is 13.4. The summed E-state index contributed by atoms with van der Waals surface area (Å²) in [6, 6.07) is 6.40. The summed E-state index contributed by atoms with van der Waals surface area (Å²) in [5.41, 5.74) is 3.79. The second-order valence-electron chi connectivity index (χ2n) is 6.59. The minimum atomic E-state index is -0.0731. The number of rotatable bonds is 4. The first-order chi connectivity index (χ1) is 9.94. The Labute approximate surface area is 131 Å². The molecular formula is C17H24ClN3. The summed E-state index contributed by atoms with van der Waals surface area (Å²) in [6.07, 6.45) is 3.82. The van der Waals surface area contributed by atoms with Gasteiger partial charge in [-0.15, -0.1) is 11.6 Å². The number of aryl methyl sites for hydroxylation is 1. The minimum absolute atomic E-state index is 0.0731. The van der Waals surface area contributed by atoms with Gasteiger partial charge in [0, 0.05) is 12.1 Å². The van der Waals surface area contributed by atoms with Crippen molar-refractivity contribution in [2.45, 2.75) is 50.6 Å². The molecule has 0 N–H and O–H groups in total. The van der Waals surface area contributed by atoms with Gasteiger partial charge in [0.2, 0.25) is 0 Å². The molecule has 1 aromatic heterocycles. The molecule has 4 heteroatoms. The summed E-state index contributed by atoms with van der Waals surface area (Å²) < 4.78 is 2.35. The van der Waals surface area contributed by atoms with Gasteiger partial charge in [-0.1, -0.05) is 12.1 Å². The maximum Gasteiger partial charge on any atom is 0.127 e. The van der Waals surface area contributed by atoms with Gasteiger partial charge in [-0.2, -0.15) is 0 Å². The Morgan fingerprint density at radius 3 is 2.62 bits per heavy atom. The summed E-state index contributed by atoms with van der Waals surface area (Å²) in [5, 5.41) is -0.0731. The molecular weight excluding hydrogens is 282 g/mol. The molecule has 1 aliphatic carbocycles. The first kappa shape index (κ1) is 14.9. The summed E-state index contributed by atoms with van der Waals surface area (Å²) in [5.74, 6) is 0.995. The fourth-order valence-corrected chi connectivity index (χ4v) is 3.57. The van der Waals surface area contributed by atoms with Crippen LogP contribution >= 0.6 is 11.6 Å². The SMILES string of the molecule is Cc1cccc2c1nc(C(C)Cl)n2CC1(N(C)C)CCC1. The number of hydrogen-bond donors (Lipinski definition) is 0. The third-order valence-electron chi connectivity index (χ3n) is 5.05. The highest BCUT2D eigenvalue weighted by atomic mass is 35.5. The van der Waals surface area contributed by atoms with E-state index < -0.39 is 0 Å². The lowest BCUT2D eigenvalue weighted by Crippen LogP contribution is -2.53. The second-order valence-corrected chi connectivity index (χ2v) is 7.24. The fourth-order valence-electron chi connectivity index (χ4n) is 3.40. The van der Waals surface area contributed by atoms with Crippen LogP contribution in [0.5, 0.6) is 0 Å². The number of alkyl halides is 1. The van der Waals surface area contributed by atoms with Crippen LogP contribution in [0.15, 0.2) is 18.2 Å². The maximum absolute atomic E-state index is 6.40. The Morgan fingerprint density at radius 1 is 1.38 bits per heavy atom. The van der Waals surface area contributed by atoms with E-state index in [4.69, 9.17) is 16.6 Å². The number of hydrogen-bond acceptors (Lipinski definition) is 2. The smallest absolute Gasteiger partial charge is 0.127 e. The Hall–Kier alpha value is -1.06. The number of fused-ring (bicyclic) bond motifs is 1. The Balaban J connectivity index is 2.12. The third kappa shape index (κ3) is 2.36. The highest BCUT2D eigenvalue weighted by Gasteiger charge is 2.40. The lowest BCUT2D eigenvalue weighted by atomic mass is 9.75. The number of halogens is 1. The molecule has 3 nitrogen and oxygen atoms in total. The normalized spacial score (nSPS) is 19.0. The monoisotopic (exact) mass is 305 g/mol. The number of para-hydroxylation sites is 1.